The van der Waals surface area contributed by atoms with Gasteiger partial charge in [-0.25, -0.2) is 0 Å². The number of carbonyl (C=O) groups excluding carboxylic acids is 1. The fourth-order valence-electron chi connectivity index (χ4n) is 2.58. The number of hydrazone groups is 1. The number of furan rings is 1. The third-order valence-electron chi connectivity index (χ3n) is 4.07. The zero-order valence-electron chi connectivity index (χ0n) is 14.5. The Morgan fingerprint density at radius 1 is 1.28 bits per heavy atom. The van der Waals surface area contributed by atoms with Crippen molar-refractivity contribution < 1.29 is 22.4 Å². The summed E-state index contributed by atoms with van der Waals surface area (Å²) in [6.45, 7) is 1.86. The van der Waals surface area contributed by atoms with Crippen LogP contribution in [0.2, 0.25) is 5.02 Å². The second kappa shape index (κ2) is 6.89. The van der Waals surface area contributed by atoms with E-state index in [0.29, 0.717) is 21.4 Å². The largest absolute Gasteiger partial charge is 0.457 e. The van der Waals surface area contributed by atoms with Gasteiger partial charge in [-0.15, -0.1) is 0 Å². The van der Waals surface area contributed by atoms with E-state index in [1.165, 1.54) is 6.08 Å². The summed E-state index contributed by atoms with van der Waals surface area (Å²) in [5.41, 5.74) is 1.39. The van der Waals surface area contributed by atoms with E-state index in [-0.39, 0.29) is 28.3 Å². The lowest BCUT2D eigenvalue weighted by Gasteiger charge is -2.19. The van der Waals surface area contributed by atoms with Crippen molar-refractivity contribution in [2.75, 3.05) is 0 Å². The predicted molar refractivity (Wildman–Crippen MR) is 105 cm³/mol. The molecule has 1 N–H and O–H groups in total. The molecule has 3 heterocycles. The van der Waals surface area contributed by atoms with Crippen LogP contribution >= 0.6 is 23.4 Å². The van der Waals surface area contributed by atoms with Gasteiger partial charge in [0.15, 0.2) is 5.84 Å². The van der Waals surface area contributed by atoms with Crippen molar-refractivity contribution in [3.05, 3.63) is 52.3 Å². The first-order valence-corrected chi connectivity index (χ1v) is 9.27. The molecule has 0 spiro atoms. The molecule has 2 aliphatic heterocycles. The molecule has 0 aliphatic carbocycles. The van der Waals surface area contributed by atoms with Crippen LogP contribution in [0.15, 0.2) is 50.4 Å². The number of nitrogens with zero attached hydrogens (tertiary/aromatic N) is 3. The van der Waals surface area contributed by atoms with Gasteiger partial charge in [0.1, 0.15) is 11.5 Å². The third kappa shape index (κ3) is 3.60. The van der Waals surface area contributed by atoms with E-state index in [0.717, 1.165) is 5.56 Å². The molecule has 1 aromatic carbocycles. The lowest BCUT2D eigenvalue weighted by Crippen LogP contribution is -2.35. The second-order valence-corrected chi connectivity index (χ2v) is 7.45. The number of carbonyl (C=O) groups is 1. The van der Waals surface area contributed by atoms with Crippen molar-refractivity contribution in [1.82, 2.24) is 5.01 Å². The number of fused-ring (bicyclic) bond motifs is 1. The molecule has 4 rings (SSSR count). The first-order chi connectivity index (χ1) is 13.6. The Morgan fingerprint density at radius 2 is 2.03 bits per heavy atom. The van der Waals surface area contributed by atoms with Crippen LogP contribution in [0.1, 0.15) is 11.3 Å². The van der Waals surface area contributed by atoms with Gasteiger partial charge in [-0.2, -0.15) is 28.3 Å². The molecule has 1 amide bonds. The highest BCUT2D eigenvalue weighted by molar-refractivity contribution is 8.27. The number of aryl methyl sites for hydroxylation is 1. The van der Waals surface area contributed by atoms with Crippen LogP contribution in [-0.2, 0) is 4.79 Å². The molecule has 29 heavy (non-hydrogen) atoms. The first-order valence-electron chi connectivity index (χ1n) is 8.07. The Kier molecular flexibility index (Phi) is 4.62. The molecule has 2 aliphatic rings. The smallest absolute Gasteiger partial charge is 0.441 e. The standard InChI is InChI=1S/C18H10ClF3N4O2S/c1-8-2-3-9(6-12(8)19)13-5-4-10(28-13)7-11-14(23)26-17(24-15(11)27)29-16(25-26)18(20,21)22/h2-7,23H,1H3/b11-7+,23-14?. The highest BCUT2D eigenvalue weighted by Gasteiger charge is 2.46. The van der Waals surface area contributed by atoms with Crippen molar-refractivity contribution in [2.24, 2.45) is 10.1 Å². The predicted octanol–water partition coefficient (Wildman–Crippen LogP) is 5.09. The molecule has 0 atom stereocenters. The lowest BCUT2D eigenvalue weighted by molar-refractivity contribution is -0.114. The molecule has 6 nitrogen and oxygen atoms in total. The fraction of sp³-hybridized carbons (Fsp3) is 0.111. The number of hydrogen-bond acceptors (Lipinski definition) is 5. The van der Waals surface area contributed by atoms with Crippen molar-refractivity contribution in [3.8, 4) is 11.3 Å². The van der Waals surface area contributed by atoms with Crippen LogP contribution < -0.4 is 0 Å². The highest BCUT2D eigenvalue weighted by Crippen LogP contribution is 2.35. The first kappa shape index (κ1) is 19.5. The fourth-order valence-corrected chi connectivity index (χ4v) is 3.52. The zero-order valence-corrected chi connectivity index (χ0v) is 16.1. The maximum atomic E-state index is 12.9. The normalized spacial score (nSPS) is 18.2. The zero-order chi connectivity index (χ0) is 20.9. The number of nitrogens with one attached hydrogen (secondary N) is 1. The summed E-state index contributed by atoms with van der Waals surface area (Å²) < 4.78 is 44.3. The molecule has 0 radical (unpaired) electrons. The quantitative estimate of drug-likeness (QED) is 0.662. The van der Waals surface area contributed by atoms with E-state index in [1.54, 1.807) is 18.2 Å². The number of hydrogen-bond donors (Lipinski definition) is 1. The lowest BCUT2D eigenvalue weighted by atomic mass is 10.1. The summed E-state index contributed by atoms with van der Waals surface area (Å²) >= 11 is 6.32. The average molecular weight is 439 g/mol. The number of amides is 1. The molecular weight excluding hydrogens is 429 g/mol. The van der Waals surface area contributed by atoms with Gasteiger partial charge < -0.3 is 4.42 Å². The van der Waals surface area contributed by atoms with E-state index < -0.39 is 23.0 Å². The van der Waals surface area contributed by atoms with Gasteiger partial charge in [0.25, 0.3) is 5.91 Å². The minimum atomic E-state index is -4.69. The van der Waals surface area contributed by atoms with Gasteiger partial charge in [-0.3, -0.25) is 10.2 Å². The summed E-state index contributed by atoms with van der Waals surface area (Å²) in [4.78, 5) is 15.8. The topological polar surface area (TPSA) is 82.0 Å². The Hall–Kier alpha value is -2.85. The molecule has 0 unspecified atom stereocenters. The maximum absolute atomic E-state index is 12.9. The maximum Gasteiger partial charge on any atom is 0.441 e. The van der Waals surface area contributed by atoms with Gasteiger partial charge in [0, 0.05) is 10.6 Å². The van der Waals surface area contributed by atoms with Crippen LogP contribution in [0, 0.1) is 12.3 Å². The molecule has 2 aromatic rings. The average Bonchev–Trinajstić information content (AvgIpc) is 3.28. The number of amidine groups is 2. The summed E-state index contributed by atoms with van der Waals surface area (Å²) in [6, 6.07) is 8.60. The molecule has 11 heteroatoms. The van der Waals surface area contributed by atoms with Gasteiger partial charge in [0.2, 0.25) is 10.2 Å². The van der Waals surface area contributed by atoms with Gasteiger partial charge in [-0.1, -0.05) is 23.7 Å². The minimum absolute atomic E-state index is 0.197. The summed E-state index contributed by atoms with van der Waals surface area (Å²) in [7, 11) is 0. The van der Waals surface area contributed by atoms with Crippen molar-refractivity contribution in [3.63, 3.8) is 0 Å². The minimum Gasteiger partial charge on any atom is -0.457 e. The number of halogens is 4. The van der Waals surface area contributed by atoms with Gasteiger partial charge in [0.05, 0.1) is 5.57 Å². The number of rotatable bonds is 2. The van der Waals surface area contributed by atoms with Crippen LogP contribution in [0.5, 0.6) is 0 Å². The molecular formula is C18H10ClF3N4O2S. The molecule has 148 valence electrons. The second-order valence-electron chi connectivity index (χ2n) is 6.09. The van der Waals surface area contributed by atoms with Crippen molar-refractivity contribution in [2.45, 2.75) is 13.1 Å². The van der Waals surface area contributed by atoms with Crippen molar-refractivity contribution in [1.29, 1.82) is 5.41 Å². The highest BCUT2D eigenvalue weighted by atomic mass is 35.5. The van der Waals surface area contributed by atoms with Crippen LogP contribution in [0.3, 0.4) is 0 Å². The molecule has 0 saturated heterocycles. The van der Waals surface area contributed by atoms with E-state index in [4.69, 9.17) is 21.4 Å². The van der Waals surface area contributed by atoms with Crippen LogP contribution in [-0.4, -0.2) is 33.1 Å². The third-order valence-corrected chi connectivity index (χ3v) is 5.43. The number of benzene rings is 1. The SMILES string of the molecule is Cc1ccc(-c2ccc(/C=C3\C(=N)N4N=C(C(F)(F)F)SC4=NC3=O)o2)cc1Cl. The molecule has 1 aromatic heterocycles. The van der Waals surface area contributed by atoms with E-state index in [1.807, 2.05) is 19.1 Å². The number of aliphatic imine (C=N–C) groups is 1. The van der Waals surface area contributed by atoms with Crippen molar-refractivity contribution >= 4 is 51.4 Å². The van der Waals surface area contributed by atoms with Gasteiger partial charge >= 0.3 is 6.18 Å². The molecule has 0 saturated carbocycles. The van der Waals surface area contributed by atoms with E-state index >= 15 is 0 Å². The molecule has 0 bridgehead atoms. The van der Waals surface area contributed by atoms with Crippen LogP contribution in [0.4, 0.5) is 13.2 Å². The Labute approximate surface area is 171 Å². The van der Waals surface area contributed by atoms with Gasteiger partial charge in [-0.05, 0) is 48.5 Å². The Balaban J connectivity index is 1.65. The number of alkyl halides is 3. The summed E-state index contributed by atoms with van der Waals surface area (Å²) in [5.74, 6) is -0.644. The number of thioether (sulfide) groups is 1. The van der Waals surface area contributed by atoms with Crippen LogP contribution in [0.25, 0.3) is 17.4 Å². The molecule has 0 fully saturated rings. The van der Waals surface area contributed by atoms with E-state index in [2.05, 4.69) is 10.1 Å². The summed E-state index contributed by atoms with van der Waals surface area (Å²) in [5, 5.41) is 11.2. The monoisotopic (exact) mass is 438 g/mol. The summed E-state index contributed by atoms with van der Waals surface area (Å²) in [6.07, 6.45) is -3.45. The van der Waals surface area contributed by atoms with E-state index in [9.17, 15) is 18.0 Å². The Morgan fingerprint density at radius 3 is 2.72 bits per heavy atom. The Bertz CT molecular complexity index is 1150.